The molecule has 2 N–H and O–H groups in total. The summed E-state index contributed by atoms with van der Waals surface area (Å²) in [4.78, 5) is 12.4. The second kappa shape index (κ2) is 12.3. The predicted octanol–water partition coefficient (Wildman–Crippen LogP) is 7.37. The number of aliphatic hydroxyl groups excluding tert-OH is 1. The Morgan fingerprint density at radius 3 is 2.31 bits per heavy atom. The third kappa shape index (κ3) is 7.22. The minimum atomic E-state index is -4.40. The minimum absolute atomic E-state index is 0.0731. The zero-order valence-electron chi connectivity index (χ0n) is 22.1. The van der Waals surface area contributed by atoms with Crippen molar-refractivity contribution in [1.29, 1.82) is 0 Å². The van der Waals surface area contributed by atoms with Crippen LogP contribution in [0.2, 0.25) is 0 Å². The fourth-order valence-electron chi connectivity index (χ4n) is 5.11. The van der Waals surface area contributed by atoms with Gasteiger partial charge in [0.05, 0.1) is 12.0 Å². The Hall–Kier alpha value is -3.30. The number of furan rings is 1. The molecule has 0 aliphatic heterocycles. The molecule has 210 valence electrons. The first-order valence-corrected chi connectivity index (χ1v) is 13.2. The van der Waals surface area contributed by atoms with Crippen molar-refractivity contribution in [3.05, 3.63) is 77.0 Å². The summed E-state index contributed by atoms with van der Waals surface area (Å²) in [6, 6.07) is 13.9. The number of aliphatic carboxylic acids is 1. The molecule has 6 nitrogen and oxygen atoms in total. The number of alkyl halides is 3. The van der Waals surface area contributed by atoms with Crippen LogP contribution in [0.5, 0.6) is 5.75 Å². The fourth-order valence-corrected chi connectivity index (χ4v) is 5.11. The van der Waals surface area contributed by atoms with Gasteiger partial charge < -0.3 is 19.4 Å². The highest BCUT2D eigenvalue weighted by molar-refractivity contribution is 5.66. The Balaban J connectivity index is 1.55. The number of carboxylic acid groups (broad SMARTS) is 1. The number of aliphatic hydroxyl groups is 1. The van der Waals surface area contributed by atoms with Crippen molar-refractivity contribution in [1.82, 2.24) is 4.90 Å². The maximum atomic E-state index is 13.0. The monoisotopic (exact) mass is 545 g/mol. The third-order valence-electron chi connectivity index (χ3n) is 7.37. The maximum absolute atomic E-state index is 13.0. The molecule has 1 heterocycles. The van der Waals surface area contributed by atoms with Crippen molar-refractivity contribution < 1.29 is 37.3 Å². The Labute approximate surface area is 226 Å². The highest BCUT2D eigenvalue weighted by Crippen LogP contribution is 2.41. The molecule has 0 bridgehead atoms. The van der Waals surface area contributed by atoms with Gasteiger partial charge >= 0.3 is 12.1 Å². The predicted molar refractivity (Wildman–Crippen MR) is 140 cm³/mol. The molecule has 1 aliphatic rings. The van der Waals surface area contributed by atoms with E-state index in [2.05, 4.69) is 0 Å². The number of nitrogens with zero attached hydrogens (tertiary/aromatic N) is 1. The molecule has 1 fully saturated rings. The summed E-state index contributed by atoms with van der Waals surface area (Å²) >= 11 is 0. The summed E-state index contributed by atoms with van der Waals surface area (Å²) < 4.78 is 51.5. The zero-order chi connectivity index (χ0) is 28.2. The standard InChI is InChI=1S/C30H34F3NO5/c1-19-25(18-26(38-19)20-8-12-23(13-9-20)30(31,32)33)28(21-6-4-3-5-7-21)39-24-14-10-22(11-15-24)29(37)34(2)17-16-27(35)36/h8-15,18,21,28-29,37H,3-7,16-17H2,1-2H3,(H,35,36). The molecule has 3 aromatic rings. The van der Waals surface area contributed by atoms with Crippen LogP contribution >= 0.6 is 0 Å². The molecular weight excluding hydrogens is 511 g/mol. The molecule has 2 aromatic carbocycles. The highest BCUT2D eigenvalue weighted by atomic mass is 19.4. The van der Waals surface area contributed by atoms with Gasteiger partial charge in [0, 0.05) is 23.6 Å². The largest absolute Gasteiger partial charge is 0.485 e. The molecular formula is C30H34F3NO5. The summed E-state index contributed by atoms with van der Waals surface area (Å²) in [7, 11) is 1.66. The number of halogens is 3. The molecule has 39 heavy (non-hydrogen) atoms. The van der Waals surface area contributed by atoms with E-state index in [1.807, 2.05) is 13.0 Å². The Morgan fingerprint density at radius 2 is 1.72 bits per heavy atom. The molecule has 0 saturated heterocycles. The van der Waals surface area contributed by atoms with Crippen LogP contribution in [0.3, 0.4) is 0 Å². The molecule has 9 heteroatoms. The summed E-state index contributed by atoms with van der Waals surface area (Å²) in [5.74, 6) is 1.09. The van der Waals surface area contributed by atoms with Gasteiger partial charge in [-0.2, -0.15) is 13.2 Å². The van der Waals surface area contributed by atoms with E-state index in [1.165, 1.54) is 18.6 Å². The van der Waals surface area contributed by atoms with Gasteiger partial charge in [-0.1, -0.05) is 43.5 Å². The van der Waals surface area contributed by atoms with Gasteiger partial charge in [-0.3, -0.25) is 9.69 Å². The van der Waals surface area contributed by atoms with E-state index < -0.39 is 23.9 Å². The Bertz CT molecular complexity index is 1230. The molecule has 0 amide bonds. The van der Waals surface area contributed by atoms with Crippen LogP contribution < -0.4 is 4.74 Å². The lowest BCUT2D eigenvalue weighted by molar-refractivity contribution is -0.138. The van der Waals surface area contributed by atoms with E-state index in [1.54, 1.807) is 36.2 Å². The van der Waals surface area contributed by atoms with Crippen LogP contribution in [0.1, 0.15) is 73.3 Å². The number of aryl methyl sites for hydroxylation is 1. The minimum Gasteiger partial charge on any atom is -0.485 e. The number of hydrogen-bond donors (Lipinski definition) is 2. The number of rotatable bonds is 10. The van der Waals surface area contributed by atoms with E-state index in [0.717, 1.165) is 43.4 Å². The van der Waals surface area contributed by atoms with Gasteiger partial charge in [0.2, 0.25) is 0 Å². The van der Waals surface area contributed by atoms with Gasteiger partial charge in [0.25, 0.3) is 0 Å². The Kier molecular flexibility index (Phi) is 9.02. The van der Waals surface area contributed by atoms with Crippen LogP contribution in [0, 0.1) is 12.8 Å². The average molecular weight is 546 g/mol. The number of carboxylic acids is 1. The van der Waals surface area contributed by atoms with E-state index in [4.69, 9.17) is 14.3 Å². The van der Waals surface area contributed by atoms with Gasteiger partial charge in [0.15, 0.2) is 0 Å². The normalized spacial score (nSPS) is 16.3. The number of ether oxygens (including phenoxy) is 1. The third-order valence-corrected chi connectivity index (χ3v) is 7.37. The quantitative estimate of drug-likeness (QED) is 0.259. The van der Waals surface area contributed by atoms with Crippen molar-refractivity contribution in [2.24, 2.45) is 5.92 Å². The van der Waals surface area contributed by atoms with Crippen molar-refractivity contribution in [2.45, 2.75) is 64.0 Å². The molecule has 2 atom stereocenters. The van der Waals surface area contributed by atoms with Crippen molar-refractivity contribution in [2.75, 3.05) is 13.6 Å². The summed E-state index contributed by atoms with van der Waals surface area (Å²) in [5.41, 5.74) is 1.34. The first kappa shape index (κ1) is 28.7. The molecule has 4 rings (SSSR count). The highest BCUT2D eigenvalue weighted by Gasteiger charge is 2.32. The van der Waals surface area contributed by atoms with Crippen LogP contribution in [0.15, 0.2) is 59.0 Å². The molecule has 0 spiro atoms. The van der Waals surface area contributed by atoms with Crippen molar-refractivity contribution in [3.63, 3.8) is 0 Å². The zero-order valence-corrected chi connectivity index (χ0v) is 22.1. The van der Waals surface area contributed by atoms with Crippen LogP contribution in [0.25, 0.3) is 11.3 Å². The lowest BCUT2D eigenvalue weighted by Crippen LogP contribution is -2.26. The number of carbonyl (C=O) groups is 1. The molecule has 0 radical (unpaired) electrons. The lowest BCUT2D eigenvalue weighted by Gasteiger charge is -2.31. The first-order chi connectivity index (χ1) is 18.5. The smallest absolute Gasteiger partial charge is 0.416 e. The van der Waals surface area contributed by atoms with E-state index in [-0.39, 0.29) is 25.0 Å². The SMILES string of the molecule is Cc1oc(-c2ccc(C(F)(F)F)cc2)cc1C(Oc1ccc(C(O)N(C)CCC(=O)O)cc1)C1CCCCC1. The second-order valence-corrected chi connectivity index (χ2v) is 10.2. The number of hydrogen-bond acceptors (Lipinski definition) is 5. The van der Waals surface area contributed by atoms with Gasteiger partial charge in [-0.25, -0.2) is 0 Å². The van der Waals surface area contributed by atoms with E-state index in [0.29, 0.717) is 28.4 Å². The molecule has 2 unspecified atom stereocenters. The van der Waals surface area contributed by atoms with E-state index in [9.17, 15) is 23.1 Å². The van der Waals surface area contributed by atoms with Gasteiger partial charge in [0.1, 0.15) is 29.6 Å². The van der Waals surface area contributed by atoms with Crippen LogP contribution in [-0.4, -0.2) is 34.7 Å². The fraction of sp³-hybridized carbons (Fsp3) is 0.433. The molecule has 1 aromatic heterocycles. The van der Waals surface area contributed by atoms with Crippen molar-refractivity contribution in [3.8, 4) is 17.1 Å². The maximum Gasteiger partial charge on any atom is 0.416 e. The van der Waals surface area contributed by atoms with Crippen molar-refractivity contribution >= 4 is 5.97 Å². The molecule has 1 aliphatic carbocycles. The summed E-state index contributed by atoms with van der Waals surface area (Å²) in [6.45, 7) is 2.05. The Morgan fingerprint density at radius 1 is 1.08 bits per heavy atom. The topological polar surface area (TPSA) is 83.1 Å². The number of benzene rings is 2. The van der Waals surface area contributed by atoms with Crippen LogP contribution in [0.4, 0.5) is 13.2 Å². The molecule has 1 saturated carbocycles. The first-order valence-electron chi connectivity index (χ1n) is 13.2. The summed E-state index contributed by atoms with van der Waals surface area (Å²) in [6.07, 6.45) is -0.361. The summed E-state index contributed by atoms with van der Waals surface area (Å²) in [5, 5.41) is 19.5. The average Bonchev–Trinajstić information content (AvgIpc) is 3.31. The van der Waals surface area contributed by atoms with E-state index >= 15 is 0 Å². The second-order valence-electron chi connectivity index (χ2n) is 10.2. The van der Waals surface area contributed by atoms with Gasteiger partial charge in [-0.15, -0.1) is 0 Å². The van der Waals surface area contributed by atoms with Crippen LogP contribution in [-0.2, 0) is 11.0 Å². The lowest BCUT2D eigenvalue weighted by atomic mass is 9.82. The van der Waals surface area contributed by atoms with Gasteiger partial charge in [-0.05, 0) is 62.7 Å².